The van der Waals surface area contributed by atoms with E-state index in [0.29, 0.717) is 23.6 Å². The third-order valence-corrected chi connectivity index (χ3v) is 3.24. The molecule has 0 aliphatic carbocycles. The van der Waals surface area contributed by atoms with E-state index in [0.717, 1.165) is 18.7 Å². The van der Waals surface area contributed by atoms with Crippen molar-refractivity contribution in [2.75, 3.05) is 0 Å². The predicted octanol–water partition coefficient (Wildman–Crippen LogP) is 1.02. The summed E-state index contributed by atoms with van der Waals surface area (Å²) < 4.78 is 1.47. The predicted molar refractivity (Wildman–Crippen MR) is 69.8 cm³/mol. The quantitative estimate of drug-likeness (QED) is 0.849. The molecule has 6 heteroatoms. The average molecular weight is 250 g/mol. The van der Waals surface area contributed by atoms with Crippen LogP contribution in [-0.4, -0.2) is 19.5 Å². The number of nitrogens with one attached hydrogen (secondary N) is 2. The fourth-order valence-electron chi connectivity index (χ4n) is 1.95. The molecule has 2 rings (SSSR count). The van der Waals surface area contributed by atoms with Gasteiger partial charge in [0.05, 0.1) is 0 Å². The van der Waals surface area contributed by atoms with Gasteiger partial charge in [0, 0.05) is 13.0 Å². The molecule has 0 saturated carbocycles. The fraction of sp³-hybridized carbons (Fsp3) is 0.583. The second kappa shape index (κ2) is 4.80. The van der Waals surface area contributed by atoms with Gasteiger partial charge in [-0.1, -0.05) is 20.3 Å². The van der Waals surface area contributed by atoms with Crippen molar-refractivity contribution in [1.29, 1.82) is 0 Å². The molecule has 2 aromatic rings. The number of hydrogen-bond acceptors (Lipinski definition) is 3. The summed E-state index contributed by atoms with van der Waals surface area (Å²) >= 11 is 0. The van der Waals surface area contributed by atoms with E-state index < -0.39 is 11.2 Å². The van der Waals surface area contributed by atoms with Gasteiger partial charge in [-0.25, -0.2) is 9.78 Å². The summed E-state index contributed by atoms with van der Waals surface area (Å²) in [5, 5.41) is 0. The number of rotatable bonds is 4. The standard InChI is InChI=1S/C12H18N4O2/c1-4-7(3)6-8-13-9-10(14-8)16(5-2)12(18)15-11(9)17/h7H,4-6H2,1-3H3,(H,13,14)(H,15,17,18). The van der Waals surface area contributed by atoms with Crippen molar-refractivity contribution in [3.63, 3.8) is 0 Å². The molecule has 0 amide bonds. The van der Waals surface area contributed by atoms with Gasteiger partial charge in [0.15, 0.2) is 5.65 Å². The van der Waals surface area contributed by atoms with Crippen LogP contribution in [0.1, 0.15) is 33.0 Å². The molecule has 2 heterocycles. The summed E-state index contributed by atoms with van der Waals surface area (Å²) in [7, 11) is 0. The Morgan fingerprint density at radius 3 is 2.61 bits per heavy atom. The topological polar surface area (TPSA) is 83.5 Å². The monoisotopic (exact) mass is 250 g/mol. The van der Waals surface area contributed by atoms with E-state index >= 15 is 0 Å². The number of aromatic amines is 2. The highest BCUT2D eigenvalue weighted by Gasteiger charge is 2.13. The van der Waals surface area contributed by atoms with Gasteiger partial charge in [0.25, 0.3) is 5.56 Å². The summed E-state index contributed by atoms with van der Waals surface area (Å²) in [6, 6.07) is 0. The Morgan fingerprint density at radius 1 is 1.28 bits per heavy atom. The molecule has 0 aromatic carbocycles. The summed E-state index contributed by atoms with van der Waals surface area (Å²) in [6.07, 6.45) is 1.83. The summed E-state index contributed by atoms with van der Waals surface area (Å²) in [6.45, 7) is 6.58. The lowest BCUT2D eigenvalue weighted by atomic mass is 10.1. The minimum atomic E-state index is -0.406. The zero-order valence-electron chi connectivity index (χ0n) is 10.9. The summed E-state index contributed by atoms with van der Waals surface area (Å²) in [4.78, 5) is 33.0. The van der Waals surface area contributed by atoms with Crippen LogP contribution in [0.5, 0.6) is 0 Å². The van der Waals surface area contributed by atoms with Gasteiger partial charge in [-0.05, 0) is 12.8 Å². The number of fused-ring (bicyclic) bond motifs is 1. The van der Waals surface area contributed by atoms with E-state index in [9.17, 15) is 9.59 Å². The minimum Gasteiger partial charge on any atom is -0.336 e. The smallest absolute Gasteiger partial charge is 0.330 e. The molecule has 0 radical (unpaired) electrons. The lowest BCUT2D eigenvalue weighted by molar-refractivity contribution is 0.547. The van der Waals surface area contributed by atoms with Crippen molar-refractivity contribution in [1.82, 2.24) is 19.5 Å². The highest BCUT2D eigenvalue weighted by Crippen LogP contribution is 2.11. The molecule has 98 valence electrons. The van der Waals surface area contributed by atoms with Crippen molar-refractivity contribution in [2.24, 2.45) is 5.92 Å². The summed E-state index contributed by atoms with van der Waals surface area (Å²) in [5.41, 5.74) is 0.0264. The first-order chi connectivity index (χ1) is 8.56. The van der Waals surface area contributed by atoms with Crippen LogP contribution >= 0.6 is 0 Å². The largest absolute Gasteiger partial charge is 0.336 e. The van der Waals surface area contributed by atoms with Gasteiger partial charge < -0.3 is 4.98 Å². The van der Waals surface area contributed by atoms with E-state index in [1.165, 1.54) is 4.57 Å². The Morgan fingerprint density at radius 2 is 2.00 bits per heavy atom. The van der Waals surface area contributed by atoms with Crippen LogP contribution in [0.25, 0.3) is 11.2 Å². The van der Waals surface area contributed by atoms with E-state index in [2.05, 4.69) is 28.8 Å². The Kier molecular flexibility index (Phi) is 3.36. The SMILES string of the molecule is CCC(C)Cc1nc2c([nH]1)c(=O)[nH]c(=O)n2CC. The molecule has 0 aliphatic rings. The fourth-order valence-corrected chi connectivity index (χ4v) is 1.95. The molecule has 18 heavy (non-hydrogen) atoms. The van der Waals surface area contributed by atoms with Crippen molar-refractivity contribution < 1.29 is 0 Å². The lowest BCUT2D eigenvalue weighted by Crippen LogP contribution is -2.29. The number of imidazole rings is 1. The minimum absolute atomic E-state index is 0.384. The maximum Gasteiger partial charge on any atom is 0.330 e. The lowest BCUT2D eigenvalue weighted by Gasteiger charge is -2.03. The van der Waals surface area contributed by atoms with Crippen LogP contribution in [0.15, 0.2) is 9.59 Å². The Labute approximate surface area is 104 Å². The Balaban J connectivity index is 2.60. The molecule has 6 nitrogen and oxygen atoms in total. The van der Waals surface area contributed by atoms with Crippen molar-refractivity contribution in [3.05, 3.63) is 26.7 Å². The molecule has 2 N–H and O–H groups in total. The van der Waals surface area contributed by atoms with Gasteiger partial charge in [0.1, 0.15) is 11.3 Å². The molecular weight excluding hydrogens is 232 g/mol. The van der Waals surface area contributed by atoms with Crippen LogP contribution < -0.4 is 11.2 Å². The molecule has 0 fully saturated rings. The highest BCUT2D eigenvalue weighted by molar-refractivity contribution is 5.69. The number of nitrogens with zero attached hydrogens (tertiary/aromatic N) is 2. The second-order valence-corrected chi connectivity index (χ2v) is 4.60. The third-order valence-electron chi connectivity index (χ3n) is 3.24. The second-order valence-electron chi connectivity index (χ2n) is 4.60. The molecular formula is C12H18N4O2. The molecule has 0 bridgehead atoms. The first kappa shape index (κ1) is 12.6. The van der Waals surface area contributed by atoms with Gasteiger partial charge >= 0.3 is 5.69 Å². The molecule has 1 atom stereocenters. The number of hydrogen-bond donors (Lipinski definition) is 2. The Hall–Kier alpha value is -1.85. The Bertz CT molecular complexity index is 665. The molecule has 0 saturated heterocycles. The van der Waals surface area contributed by atoms with E-state index in [4.69, 9.17) is 0 Å². The maximum atomic E-state index is 11.7. The number of aryl methyl sites for hydroxylation is 1. The maximum absolute atomic E-state index is 11.7. The number of aromatic nitrogens is 4. The zero-order chi connectivity index (χ0) is 13.3. The third kappa shape index (κ3) is 2.10. The van der Waals surface area contributed by atoms with Crippen LogP contribution in [0.3, 0.4) is 0 Å². The van der Waals surface area contributed by atoms with Gasteiger partial charge in [-0.3, -0.25) is 14.3 Å². The summed E-state index contributed by atoms with van der Waals surface area (Å²) in [5.74, 6) is 1.25. The van der Waals surface area contributed by atoms with Gasteiger partial charge in [-0.15, -0.1) is 0 Å². The van der Waals surface area contributed by atoms with E-state index in [1.807, 2.05) is 6.92 Å². The zero-order valence-corrected chi connectivity index (χ0v) is 10.9. The van der Waals surface area contributed by atoms with E-state index in [-0.39, 0.29) is 0 Å². The first-order valence-corrected chi connectivity index (χ1v) is 6.28. The van der Waals surface area contributed by atoms with Crippen LogP contribution in [0, 0.1) is 5.92 Å². The van der Waals surface area contributed by atoms with Crippen LogP contribution in [0.2, 0.25) is 0 Å². The van der Waals surface area contributed by atoms with E-state index in [1.54, 1.807) is 0 Å². The van der Waals surface area contributed by atoms with Crippen molar-refractivity contribution >= 4 is 11.2 Å². The van der Waals surface area contributed by atoms with Gasteiger partial charge in [-0.2, -0.15) is 0 Å². The molecule has 2 aromatic heterocycles. The molecule has 1 unspecified atom stereocenters. The van der Waals surface area contributed by atoms with Crippen LogP contribution in [-0.2, 0) is 13.0 Å². The number of H-pyrrole nitrogens is 2. The highest BCUT2D eigenvalue weighted by atomic mass is 16.2. The van der Waals surface area contributed by atoms with Crippen LogP contribution in [0.4, 0.5) is 0 Å². The van der Waals surface area contributed by atoms with Crippen molar-refractivity contribution in [2.45, 2.75) is 40.2 Å². The molecule has 0 spiro atoms. The van der Waals surface area contributed by atoms with Gasteiger partial charge in [0.2, 0.25) is 0 Å². The average Bonchev–Trinajstić information content (AvgIpc) is 2.73. The molecule has 0 aliphatic heterocycles. The normalized spacial score (nSPS) is 13.1. The van der Waals surface area contributed by atoms with Crippen molar-refractivity contribution in [3.8, 4) is 0 Å². The first-order valence-electron chi connectivity index (χ1n) is 6.28.